The van der Waals surface area contributed by atoms with E-state index in [1.54, 1.807) is 11.8 Å². The minimum Gasteiger partial charge on any atom is -0.484 e. The fourth-order valence-electron chi connectivity index (χ4n) is 3.86. The maximum Gasteiger partial charge on any atom is 0.261 e. The van der Waals surface area contributed by atoms with Crippen molar-refractivity contribution in [3.63, 3.8) is 0 Å². The predicted molar refractivity (Wildman–Crippen MR) is 118 cm³/mol. The van der Waals surface area contributed by atoms with Crippen LogP contribution in [0.3, 0.4) is 0 Å². The Kier molecular flexibility index (Phi) is 7.89. The number of nitrogens with one attached hydrogen (secondary N) is 1. The molecule has 1 aliphatic rings. The first-order chi connectivity index (χ1) is 14.5. The third-order valence-corrected chi connectivity index (χ3v) is 5.67. The van der Waals surface area contributed by atoms with Crippen molar-refractivity contribution in [3.8, 4) is 5.75 Å². The van der Waals surface area contributed by atoms with E-state index in [0.717, 1.165) is 36.8 Å². The minimum atomic E-state index is -0.569. The molecular weight excluding hydrogens is 376 g/mol. The first-order valence-electron chi connectivity index (χ1n) is 10.9. The molecule has 0 bridgehead atoms. The molecule has 3 rings (SSSR count). The van der Waals surface area contributed by atoms with Crippen molar-refractivity contribution in [2.45, 2.75) is 64.6 Å². The summed E-state index contributed by atoms with van der Waals surface area (Å²) in [7, 11) is 0. The van der Waals surface area contributed by atoms with Crippen molar-refractivity contribution in [3.05, 3.63) is 65.7 Å². The van der Waals surface area contributed by atoms with Gasteiger partial charge in [0.2, 0.25) is 5.91 Å². The van der Waals surface area contributed by atoms with Crippen LogP contribution in [0.15, 0.2) is 54.6 Å². The number of rotatable bonds is 8. The summed E-state index contributed by atoms with van der Waals surface area (Å²) in [4.78, 5) is 27.6. The Morgan fingerprint density at radius 1 is 1.07 bits per heavy atom. The highest BCUT2D eigenvalue weighted by Gasteiger charge is 2.28. The highest BCUT2D eigenvalue weighted by molar-refractivity contribution is 5.88. The van der Waals surface area contributed by atoms with Crippen LogP contribution >= 0.6 is 0 Å². The molecule has 5 heteroatoms. The van der Waals surface area contributed by atoms with Gasteiger partial charge in [-0.2, -0.15) is 0 Å². The van der Waals surface area contributed by atoms with Crippen molar-refractivity contribution < 1.29 is 14.3 Å². The van der Waals surface area contributed by atoms with Crippen LogP contribution in [0.1, 0.15) is 50.2 Å². The molecule has 5 nitrogen and oxygen atoms in total. The molecule has 1 atom stereocenters. The molecule has 2 aromatic rings. The van der Waals surface area contributed by atoms with Crippen LogP contribution < -0.4 is 10.1 Å². The molecule has 0 radical (unpaired) electrons. The number of carbonyl (C=O) groups is 2. The highest BCUT2D eigenvalue weighted by Crippen LogP contribution is 2.18. The summed E-state index contributed by atoms with van der Waals surface area (Å²) >= 11 is 0. The minimum absolute atomic E-state index is 0.0956. The fraction of sp³-hybridized carbons (Fsp3) is 0.440. The smallest absolute Gasteiger partial charge is 0.261 e. The fourth-order valence-corrected chi connectivity index (χ4v) is 3.86. The maximum atomic E-state index is 13.1. The van der Waals surface area contributed by atoms with E-state index in [9.17, 15) is 9.59 Å². The molecule has 0 aromatic heterocycles. The quantitative estimate of drug-likeness (QED) is 0.711. The largest absolute Gasteiger partial charge is 0.484 e. The number of hydrogen-bond acceptors (Lipinski definition) is 3. The Morgan fingerprint density at radius 3 is 2.50 bits per heavy atom. The zero-order valence-electron chi connectivity index (χ0n) is 18.0. The zero-order chi connectivity index (χ0) is 21.3. The van der Waals surface area contributed by atoms with Gasteiger partial charge in [-0.05, 0) is 49.9 Å². The molecule has 0 unspecified atom stereocenters. The average Bonchev–Trinajstić information content (AvgIpc) is 2.77. The first kappa shape index (κ1) is 21.9. The van der Waals surface area contributed by atoms with Gasteiger partial charge in [-0.1, -0.05) is 61.7 Å². The molecule has 1 saturated carbocycles. The van der Waals surface area contributed by atoms with Crippen molar-refractivity contribution in [1.29, 1.82) is 0 Å². The summed E-state index contributed by atoms with van der Waals surface area (Å²) in [6.07, 6.45) is 5.56. The van der Waals surface area contributed by atoms with E-state index in [1.807, 2.05) is 61.5 Å². The van der Waals surface area contributed by atoms with E-state index in [2.05, 4.69) is 5.32 Å². The standard InChI is InChI=1S/C25H32N2O3/c1-19-10-9-15-23(16-19)30-18-24(28)27(17-21-11-5-3-6-12-21)20(2)25(29)26-22-13-7-4-8-14-22/h3,5-6,9-12,15-16,20,22H,4,7-8,13-14,17-18H2,1-2H3,(H,26,29)/t20-/m0/s1. The second-order valence-corrected chi connectivity index (χ2v) is 8.13. The first-order valence-corrected chi connectivity index (χ1v) is 10.9. The van der Waals surface area contributed by atoms with E-state index in [-0.39, 0.29) is 24.5 Å². The van der Waals surface area contributed by atoms with Crippen LogP contribution in [0, 0.1) is 6.92 Å². The number of ether oxygens (including phenoxy) is 1. The van der Waals surface area contributed by atoms with Crippen molar-refractivity contribution in [2.24, 2.45) is 0 Å². The van der Waals surface area contributed by atoms with E-state index in [4.69, 9.17) is 4.74 Å². The number of amides is 2. The number of aryl methyl sites for hydroxylation is 1. The van der Waals surface area contributed by atoms with Crippen LogP contribution in [-0.2, 0) is 16.1 Å². The van der Waals surface area contributed by atoms with Gasteiger partial charge >= 0.3 is 0 Å². The summed E-state index contributed by atoms with van der Waals surface area (Å²) in [6.45, 7) is 4.05. The molecular formula is C25H32N2O3. The van der Waals surface area contributed by atoms with Crippen LogP contribution in [0.2, 0.25) is 0 Å². The monoisotopic (exact) mass is 408 g/mol. The zero-order valence-corrected chi connectivity index (χ0v) is 18.0. The molecule has 160 valence electrons. The Morgan fingerprint density at radius 2 is 1.80 bits per heavy atom. The van der Waals surface area contributed by atoms with E-state index < -0.39 is 6.04 Å². The van der Waals surface area contributed by atoms with Crippen molar-refractivity contribution in [1.82, 2.24) is 10.2 Å². The van der Waals surface area contributed by atoms with Gasteiger partial charge in [-0.15, -0.1) is 0 Å². The van der Waals surface area contributed by atoms with Crippen LogP contribution in [0.25, 0.3) is 0 Å². The number of hydrogen-bond donors (Lipinski definition) is 1. The topological polar surface area (TPSA) is 58.6 Å². The van der Waals surface area contributed by atoms with Crippen LogP contribution in [-0.4, -0.2) is 35.4 Å². The third-order valence-electron chi connectivity index (χ3n) is 5.67. The molecule has 30 heavy (non-hydrogen) atoms. The van der Waals surface area contributed by atoms with Gasteiger partial charge in [-0.3, -0.25) is 9.59 Å². The highest BCUT2D eigenvalue weighted by atomic mass is 16.5. The molecule has 0 spiro atoms. The molecule has 2 amide bonds. The molecule has 2 aromatic carbocycles. The Labute approximate surface area is 179 Å². The number of carbonyl (C=O) groups excluding carboxylic acids is 2. The lowest BCUT2D eigenvalue weighted by Gasteiger charge is -2.31. The third kappa shape index (κ3) is 6.34. The Bertz CT molecular complexity index is 831. The lowest BCUT2D eigenvalue weighted by atomic mass is 9.95. The lowest BCUT2D eigenvalue weighted by Crippen LogP contribution is -2.51. The van der Waals surface area contributed by atoms with Gasteiger partial charge < -0.3 is 15.0 Å². The van der Waals surface area contributed by atoms with E-state index >= 15 is 0 Å². The lowest BCUT2D eigenvalue weighted by molar-refractivity contribution is -0.142. The molecule has 0 saturated heterocycles. The van der Waals surface area contributed by atoms with Gasteiger partial charge in [0.15, 0.2) is 6.61 Å². The van der Waals surface area contributed by atoms with Crippen LogP contribution in [0.4, 0.5) is 0 Å². The summed E-state index contributed by atoms with van der Waals surface area (Å²) in [5, 5.41) is 3.15. The molecule has 0 heterocycles. The normalized spacial score (nSPS) is 15.3. The molecule has 1 aliphatic carbocycles. The van der Waals surface area contributed by atoms with Gasteiger partial charge in [-0.25, -0.2) is 0 Å². The van der Waals surface area contributed by atoms with Gasteiger partial charge in [0, 0.05) is 12.6 Å². The summed E-state index contributed by atoms with van der Waals surface area (Å²) in [5.74, 6) is 0.357. The SMILES string of the molecule is Cc1cccc(OCC(=O)N(Cc2ccccc2)[C@@H](C)C(=O)NC2CCCCC2)c1. The second kappa shape index (κ2) is 10.8. The van der Waals surface area contributed by atoms with E-state index in [1.165, 1.54) is 6.42 Å². The maximum absolute atomic E-state index is 13.1. The van der Waals surface area contributed by atoms with Gasteiger partial charge in [0.05, 0.1) is 0 Å². The molecule has 1 fully saturated rings. The Balaban J connectivity index is 1.68. The van der Waals surface area contributed by atoms with Crippen molar-refractivity contribution in [2.75, 3.05) is 6.61 Å². The Hall–Kier alpha value is -2.82. The van der Waals surface area contributed by atoms with Gasteiger partial charge in [0.25, 0.3) is 5.91 Å². The van der Waals surface area contributed by atoms with Gasteiger partial charge in [0.1, 0.15) is 11.8 Å². The second-order valence-electron chi connectivity index (χ2n) is 8.13. The van der Waals surface area contributed by atoms with Crippen LogP contribution in [0.5, 0.6) is 5.75 Å². The summed E-state index contributed by atoms with van der Waals surface area (Å²) < 4.78 is 5.72. The molecule has 1 N–H and O–H groups in total. The summed E-state index contributed by atoms with van der Waals surface area (Å²) in [6, 6.07) is 17.0. The number of benzene rings is 2. The van der Waals surface area contributed by atoms with Crippen molar-refractivity contribution >= 4 is 11.8 Å². The number of nitrogens with zero attached hydrogens (tertiary/aromatic N) is 1. The predicted octanol–water partition coefficient (Wildman–Crippen LogP) is 4.24. The molecule has 0 aliphatic heterocycles. The average molecular weight is 409 g/mol. The summed E-state index contributed by atoms with van der Waals surface area (Å²) in [5.41, 5.74) is 2.06. The van der Waals surface area contributed by atoms with E-state index in [0.29, 0.717) is 12.3 Å².